The van der Waals surface area contributed by atoms with Gasteiger partial charge in [0.1, 0.15) is 0 Å². The van der Waals surface area contributed by atoms with Crippen LogP contribution >= 0.6 is 22.7 Å². The molecule has 2 heterocycles. The molecule has 0 aliphatic carbocycles. The van der Waals surface area contributed by atoms with E-state index in [0.717, 1.165) is 55.3 Å². The van der Waals surface area contributed by atoms with Crippen LogP contribution in [0.4, 0.5) is 0 Å². The molecule has 0 aliphatic rings. The van der Waals surface area contributed by atoms with Crippen LogP contribution in [-0.2, 0) is 0 Å². The molecule has 0 spiro atoms. The van der Waals surface area contributed by atoms with Crippen LogP contribution in [0.1, 0.15) is 11.1 Å². The summed E-state index contributed by atoms with van der Waals surface area (Å²) in [6.45, 7) is 0. The van der Waals surface area contributed by atoms with Gasteiger partial charge in [0, 0.05) is 40.3 Å². The summed E-state index contributed by atoms with van der Waals surface area (Å²) in [5.74, 6) is 0. The summed E-state index contributed by atoms with van der Waals surface area (Å²) in [6, 6.07) is 83.5. The first-order valence-electron chi connectivity index (χ1n) is 22.7. The Bertz CT molecular complexity index is 3970. The minimum atomic E-state index is 0.685. The van der Waals surface area contributed by atoms with Gasteiger partial charge in [-0.05, 0) is 161 Å². The van der Waals surface area contributed by atoms with Crippen molar-refractivity contribution in [3.63, 3.8) is 0 Å². The van der Waals surface area contributed by atoms with Crippen molar-refractivity contribution in [1.82, 2.24) is 0 Å². The Morgan fingerprint density at radius 3 is 0.882 bits per heavy atom. The van der Waals surface area contributed by atoms with Gasteiger partial charge in [0.2, 0.25) is 0 Å². The van der Waals surface area contributed by atoms with Crippen LogP contribution < -0.4 is 0 Å². The largest absolute Gasteiger partial charge is 0.192 e. The number of hydrogen-bond acceptors (Lipinski definition) is 4. The lowest BCUT2D eigenvalue weighted by Gasteiger charge is -2.20. The molecule has 314 valence electrons. The molecule has 4 heteroatoms. The molecule has 13 rings (SSSR count). The van der Waals surface area contributed by atoms with Gasteiger partial charge >= 0.3 is 0 Å². The van der Waals surface area contributed by atoms with Gasteiger partial charge in [0.05, 0.1) is 23.3 Å². The topological polar surface area (TPSA) is 47.6 Å². The van der Waals surface area contributed by atoms with Crippen molar-refractivity contribution in [3.8, 4) is 78.9 Å². The Kier molecular flexibility index (Phi) is 9.37. The lowest BCUT2D eigenvalue weighted by molar-refractivity contribution is 1.50. The Labute approximate surface area is 401 Å². The highest BCUT2D eigenvalue weighted by atomic mass is 32.1. The second-order valence-corrected chi connectivity index (χ2v) is 19.6. The smallest absolute Gasteiger partial charge is 0.0991 e. The average molecular weight is 897 g/mol. The van der Waals surface area contributed by atoms with E-state index >= 15 is 0 Å². The standard InChI is InChI=1S/C64H36N2S2/c65-37-39-11-27-59-53(31-39)55-33-49(23-29-61(55)67-59)43-17-13-41(14-18-43)47-22-26-52-57(35-47)63(45-7-3-1-4-8-45)51-25-21-48(36-58(51)64(52)46-9-5-2-6-10-46)42-15-19-44(20-16-42)50-24-30-62-56(34-50)54-32-40(38-66)12-28-60(54)68-62/h1-36H. The van der Waals surface area contributed by atoms with Crippen molar-refractivity contribution in [1.29, 1.82) is 10.5 Å². The van der Waals surface area contributed by atoms with Crippen molar-refractivity contribution in [2.24, 2.45) is 0 Å². The SMILES string of the molecule is N#Cc1ccc2sc3ccc(-c4ccc(-c5ccc6c(-c7ccccc7)c7cc(-c8ccc(-c9ccc%10sc%11ccc(C#N)cc%11c%10c9)cc8)ccc7c(-c7ccccc7)c6c5)cc4)cc3c2c1. The van der Waals surface area contributed by atoms with Gasteiger partial charge in [0.25, 0.3) is 0 Å². The monoisotopic (exact) mass is 896 g/mol. The van der Waals surface area contributed by atoms with Crippen LogP contribution in [0.15, 0.2) is 218 Å². The highest BCUT2D eigenvalue weighted by Gasteiger charge is 2.19. The maximum absolute atomic E-state index is 9.58. The second kappa shape index (κ2) is 16.1. The minimum Gasteiger partial charge on any atom is -0.192 e. The molecule has 0 bridgehead atoms. The molecule has 2 nitrogen and oxygen atoms in total. The normalized spacial score (nSPS) is 11.5. The van der Waals surface area contributed by atoms with Crippen LogP contribution in [0.25, 0.3) is 129 Å². The summed E-state index contributed by atoms with van der Waals surface area (Å²) in [5, 5.41) is 28.7. The fraction of sp³-hybridized carbons (Fsp3) is 0. The van der Waals surface area contributed by atoms with E-state index in [1.165, 1.54) is 73.4 Å². The van der Waals surface area contributed by atoms with Crippen molar-refractivity contribution in [3.05, 3.63) is 230 Å². The number of rotatable bonds is 6. The lowest BCUT2D eigenvalue weighted by atomic mass is 9.84. The Hall–Kier alpha value is -8.64. The van der Waals surface area contributed by atoms with Gasteiger partial charge in [-0.1, -0.05) is 146 Å². The first-order chi connectivity index (χ1) is 33.6. The fourth-order valence-corrected chi connectivity index (χ4v) is 12.3. The summed E-state index contributed by atoms with van der Waals surface area (Å²) in [4.78, 5) is 0. The van der Waals surface area contributed by atoms with E-state index < -0.39 is 0 Å². The molecule has 68 heavy (non-hydrogen) atoms. The highest BCUT2D eigenvalue weighted by Crippen LogP contribution is 2.47. The molecule has 0 amide bonds. The lowest BCUT2D eigenvalue weighted by Crippen LogP contribution is -1.92. The van der Waals surface area contributed by atoms with E-state index in [-0.39, 0.29) is 0 Å². The predicted octanol–water partition coefficient (Wildman–Crippen LogP) is 18.5. The molecule has 0 aliphatic heterocycles. The number of nitrogens with zero attached hydrogens (tertiary/aromatic N) is 2. The molecule has 0 atom stereocenters. The molecule has 11 aromatic carbocycles. The summed E-state index contributed by atoms with van der Waals surface area (Å²) in [5.41, 5.74) is 15.5. The number of nitriles is 2. The zero-order valence-corrected chi connectivity index (χ0v) is 38.1. The molecule has 2 aromatic heterocycles. The minimum absolute atomic E-state index is 0.685. The molecule has 13 aromatic rings. The van der Waals surface area contributed by atoms with E-state index in [4.69, 9.17) is 0 Å². The fourth-order valence-electron chi connectivity index (χ4n) is 10.2. The summed E-state index contributed by atoms with van der Waals surface area (Å²) in [7, 11) is 0. The van der Waals surface area contributed by atoms with Gasteiger partial charge < -0.3 is 0 Å². The highest BCUT2D eigenvalue weighted by molar-refractivity contribution is 7.26. The van der Waals surface area contributed by atoms with Gasteiger partial charge in [-0.15, -0.1) is 22.7 Å². The molecular weight excluding hydrogens is 861 g/mol. The first kappa shape index (κ1) is 39.7. The average Bonchev–Trinajstić information content (AvgIpc) is 3.97. The first-order valence-corrected chi connectivity index (χ1v) is 24.3. The van der Waals surface area contributed by atoms with E-state index in [9.17, 15) is 10.5 Å². The van der Waals surface area contributed by atoms with Crippen molar-refractivity contribution in [2.75, 3.05) is 0 Å². The van der Waals surface area contributed by atoms with Crippen LogP contribution in [-0.4, -0.2) is 0 Å². The van der Waals surface area contributed by atoms with Crippen LogP contribution in [0.3, 0.4) is 0 Å². The molecule has 0 N–H and O–H groups in total. The van der Waals surface area contributed by atoms with E-state index in [1.807, 2.05) is 24.3 Å². The van der Waals surface area contributed by atoms with E-state index in [0.29, 0.717) is 11.1 Å². The maximum Gasteiger partial charge on any atom is 0.0991 e. The Morgan fingerprint density at radius 2 is 0.529 bits per heavy atom. The van der Waals surface area contributed by atoms with Gasteiger partial charge in [0.15, 0.2) is 0 Å². The zero-order chi connectivity index (χ0) is 45.3. The number of thiophene rings is 2. The third-order valence-corrected chi connectivity index (χ3v) is 15.8. The van der Waals surface area contributed by atoms with Crippen LogP contribution in [0.5, 0.6) is 0 Å². The van der Waals surface area contributed by atoms with E-state index in [1.54, 1.807) is 22.7 Å². The second-order valence-electron chi connectivity index (χ2n) is 17.4. The summed E-state index contributed by atoms with van der Waals surface area (Å²) < 4.78 is 4.85. The molecule has 0 saturated heterocycles. The Morgan fingerprint density at radius 1 is 0.235 bits per heavy atom. The molecular formula is C64H36N2S2. The predicted molar refractivity (Wildman–Crippen MR) is 289 cm³/mol. The van der Waals surface area contributed by atoms with Crippen LogP contribution in [0, 0.1) is 22.7 Å². The molecule has 0 unspecified atom stereocenters. The maximum atomic E-state index is 9.58. The van der Waals surface area contributed by atoms with Gasteiger partial charge in [-0.2, -0.15) is 10.5 Å². The Balaban J connectivity index is 0.917. The summed E-state index contributed by atoms with van der Waals surface area (Å²) in [6.07, 6.45) is 0. The van der Waals surface area contributed by atoms with Gasteiger partial charge in [-0.25, -0.2) is 0 Å². The van der Waals surface area contributed by atoms with Crippen molar-refractivity contribution < 1.29 is 0 Å². The third kappa shape index (κ3) is 6.66. The zero-order valence-electron chi connectivity index (χ0n) is 36.5. The number of benzene rings is 11. The molecule has 0 saturated carbocycles. The number of hydrogen-bond donors (Lipinski definition) is 0. The third-order valence-electron chi connectivity index (χ3n) is 13.5. The van der Waals surface area contributed by atoms with Crippen molar-refractivity contribution >= 4 is 84.6 Å². The number of fused-ring (bicyclic) bond motifs is 8. The van der Waals surface area contributed by atoms with Crippen LogP contribution in [0.2, 0.25) is 0 Å². The molecule has 0 radical (unpaired) electrons. The molecule has 0 fully saturated rings. The quantitative estimate of drug-likeness (QED) is 0.156. The van der Waals surface area contributed by atoms with Gasteiger partial charge in [-0.3, -0.25) is 0 Å². The summed E-state index contributed by atoms with van der Waals surface area (Å²) >= 11 is 3.54. The van der Waals surface area contributed by atoms with E-state index in [2.05, 4.69) is 206 Å². The van der Waals surface area contributed by atoms with Crippen molar-refractivity contribution in [2.45, 2.75) is 0 Å².